The van der Waals surface area contributed by atoms with E-state index in [-0.39, 0.29) is 0 Å². The number of nitrogens with one attached hydrogen (secondary N) is 2. The first-order valence-corrected chi connectivity index (χ1v) is 2.73. The molecule has 0 bridgehead atoms. The fraction of sp³-hybridized carbons (Fsp3) is 0. The second-order valence-corrected chi connectivity index (χ2v) is 1.18. The van der Waals surface area contributed by atoms with Crippen LogP contribution >= 0.6 is 0 Å². The number of rotatable bonds is 4. The predicted octanol–water partition coefficient (Wildman–Crippen LogP) is -0.967. The molecule has 0 spiro atoms. The zero-order chi connectivity index (χ0) is 13.4. The van der Waals surface area contributed by atoms with Gasteiger partial charge in [-0.05, 0) is 0 Å². The van der Waals surface area contributed by atoms with Crippen LogP contribution in [0.2, 0.25) is 0 Å². The summed E-state index contributed by atoms with van der Waals surface area (Å²) < 4.78 is 0. The van der Waals surface area contributed by atoms with Gasteiger partial charge in [-0.2, -0.15) is 0 Å². The van der Waals surface area contributed by atoms with Crippen LogP contribution in [0.15, 0.2) is 21.1 Å². The minimum atomic E-state index is -1.82. The number of nitrogens with zero attached hydrogens (tertiary/aromatic N) is 4. The van der Waals surface area contributed by atoms with Crippen LogP contribution in [0.1, 0.15) is 0 Å². The standard InChI is InChI=1S/C2H2O4.2HN3O2/c3-1(4)2(5)6;2*4-2-1-3-5/h(H,3,4)(H,5,6);2*(H,1,4,5). The van der Waals surface area contributed by atoms with Crippen LogP contribution < -0.4 is 11.1 Å². The lowest BCUT2D eigenvalue weighted by atomic mass is 10.7. The third kappa shape index (κ3) is 44.3. The van der Waals surface area contributed by atoms with E-state index in [0.29, 0.717) is 0 Å². The number of hydrogen-bond donors (Lipinski definition) is 4. The van der Waals surface area contributed by atoms with Crippen molar-refractivity contribution < 1.29 is 19.8 Å². The molecule has 0 saturated carbocycles. The van der Waals surface area contributed by atoms with Crippen molar-refractivity contribution in [2.24, 2.45) is 21.1 Å². The van der Waals surface area contributed by atoms with Gasteiger partial charge in [0.05, 0.1) is 21.1 Å². The van der Waals surface area contributed by atoms with Crippen LogP contribution in [-0.4, -0.2) is 22.2 Å². The highest BCUT2D eigenvalue weighted by Crippen LogP contribution is 1.56. The van der Waals surface area contributed by atoms with Gasteiger partial charge in [-0.15, -0.1) is 30.7 Å². The Morgan fingerprint density at radius 2 is 0.875 bits per heavy atom. The summed E-state index contributed by atoms with van der Waals surface area (Å²) in [4.78, 5) is 53.2. The summed E-state index contributed by atoms with van der Waals surface area (Å²) in [5, 5.41) is 22.3. The van der Waals surface area contributed by atoms with E-state index < -0.39 is 11.9 Å². The first-order valence-electron chi connectivity index (χ1n) is 2.73. The van der Waals surface area contributed by atoms with Crippen LogP contribution in [0.4, 0.5) is 0 Å². The first-order chi connectivity index (χ1) is 7.47. The van der Waals surface area contributed by atoms with Crippen molar-refractivity contribution in [1.82, 2.24) is 11.1 Å². The molecule has 0 aromatic carbocycles. The quantitative estimate of drug-likeness (QED) is 0.267. The molecular weight excluding hydrogens is 236 g/mol. The number of hydrogen-bond acceptors (Lipinski definition) is 10. The van der Waals surface area contributed by atoms with Gasteiger partial charge >= 0.3 is 11.9 Å². The predicted molar refractivity (Wildman–Crippen MR) is 44.7 cm³/mol. The monoisotopic (exact) mass is 240 g/mol. The van der Waals surface area contributed by atoms with E-state index in [1.54, 1.807) is 0 Å². The van der Waals surface area contributed by atoms with Gasteiger partial charge in [0.1, 0.15) is 0 Å². The van der Waals surface area contributed by atoms with E-state index >= 15 is 0 Å². The summed E-state index contributed by atoms with van der Waals surface area (Å²) in [5.74, 6) is -3.65. The van der Waals surface area contributed by atoms with Gasteiger partial charge in [-0.3, -0.25) is 0 Å². The topological polar surface area (TPSA) is 216 Å². The zero-order valence-corrected chi connectivity index (χ0v) is 7.13. The fourth-order valence-electron chi connectivity index (χ4n) is 0.0333. The summed E-state index contributed by atoms with van der Waals surface area (Å²) in [6.07, 6.45) is 0. The van der Waals surface area contributed by atoms with Gasteiger partial charge in [0.25, 0.3) is 0 Å². The Kier molecular flexibility index (Phi) is 20.9. The van der Waals surface area contributed by atoms with E-state index in [2.05, 4.69) is 0 Å². The average molecular weight is 240 g/mol. The molecule has 0 amide bonds. The Balaban J connectivity index is -0.000000160. The first kappa shape index (κ1) is 18.7. The molecule has 0 saturated heterocycles. The fourth-order valence-corrected chi connectivity index (χ4v) is 0.0333. The molecular formula is C2H4N6O8. The molecule has 90 valence electrons. The molecule has 14 nitrogen and oxygen atoms in total. The maximum atomic E-state index is 9.10. The minimum Gasteiger partial charge on any atom is -0.473 e. The highest BCUT2D eigenvalue weighted by atomic mass is 16.4. The lowest BCUT2D eigenvalue weighted by Gasteiger charge is -1.72. The maximum absolute atomic E-state index is 9.10. The molecule has 0 atom stereocenters. The van der Waals surface area contributed by atoms with Crippen LogP contribution in [0.25, 0.3) is 0 Å². The Morgan fingerprint density at radius 1 is 0.688 bits per heavy atom. The van der Waals surface area contributed by atoms with Crippen molar-refractivity contribution in [3.05, 3.63) is 19.6 Å². The number of nitroso groups, excluding NO2 is 4. The molecule has 0 aliphatic carbocycles. The largest absolute Gasteiger partial charge is 0.473 e. The van der Waals surface area contributed by atoms with Gasteiger partial charge in [0.15, 0.2) is 0 Å². The second-order valence-electron chi connectivity index (χ2n) is 1.18. The van der Waals surface area contributed by atoms with Crippen molar-refractivity contribution in [2.75, 3.05) is 0 Å². The van der Waals surface area contributed by atoms with Gasteiger partial charge < -0.3 is 10.2 Å². The summed E-state index contributed by atoms with van der Waals surface area (Å²) in [6.45, 7) is 0. The Bertz CT molecular complexity index is 213. The van der Waals surface area contributed by atoms with E-state index in [4.69, 9.17) is 39.4 Å². The molecule has 0 radical (unpaired) electrons. The van der Waals surface area contributed by atoms with E-state index in [9.17, 15) is 0 Å². The summed E-state index contributed by atoms with van der Waals surface area (Å²) in [6, 6.07) is 0. The van der Waals surface area contributed by atoms with Crippen LogP contribution in [-0.2, 0) is 9.59 Å². The van der Waals surface area contributed by atoms with E-state index in [1.165, 1.54) is 11.1 Å². The van der Waals surface area contributed by atoms with Crippen molar-refractivity contribution in [3.63, 3.8) is 0 Å². The number of carbonyl (C=O) groups is 2. The molecule has 0 rings (SSSR count). The van der Waals surface area contributed by atoms with Gasteiger partial charge in [0.2, 0.25) is 0 Å². The van der Waals surface area contributed by atoms with Gasteiger partial charge in [-0.25, -0.2) is 9.59 Å². The van der Waals surface area contributed by atoms with E-state index in [0.717, 1.165) is 0 Å². The van der Waals surface area contributed by atoms with Gasteiger partial charge in [0, 0.05) is 0 Å². The van der Waals surface area contributed by atoms with Crippen LogP contribution in [0.5, 0.6) is 0 Å². The second kappa shape index (κ2) is 17.9. The molecule has 4 N–H and O–H groups in total. The molecule has 0 unspecified atom stereocenters. The lowest BCUT2D eigenvalue weighted by Crippen LogP contribution is -2.09. The zero-order valence-electron chi connectivity index (χ0n) is 7.13. The summed E-state index contributed by atoms with van der Waals surface area (Å²) in [5.41, 5.74) is 2.50. The Morgan fingerprint density at radius 3 is 0.875 bits per heavy atom. The SMILES string of the molecule is O=C(O)C(=O)O.O=NNN=O.O=NNN=O. The number of aliphatic carboxylic acids is 2. The number of carboxylic acids is 2. The van der Waals surface area contributed by atoms with Crippen molar-refractivity contribution in [3.8, 4) is 0 Å². The molecule has 0 heterocycles. The van der Waals surface area contributed by atoms with Crippen molar-refractivity contribution >= 4 is 11.9 Å². The minimum absolute atomic E-state index is 1.25. The highest BCUT2D eigenvalue weighted by Gasteiger charge is 2.04. The maximum Gasteiger partial charge on any atom is 0.414 e. The van der Waals surface area contributed by atoms with Gasteiger partial charge in [-0.1, -0.05) is 0 Å². The molecule has 0 aromatic rings. The highest BCUT2D eigenvalue weighted by molar-refractivity contribution is 6.27. The van der Waals surface area contributed by atoms with Crippen LogP contribution in [0.3, 0.4) is 0 Å². The molecule has 0 aliphatic heterocycles. The Labute approximate surface area is 84.8 Å². The molecule has 0 aliphatic rings. The average Bonchev–Trinajstić information content (AvgIpc) is 2.22. The van der Waals surface area contributed by atoms with Crippen LogP contribution in [0, 0.1) is 19.6 Å². The summed E-state index contributed by atoms with van der Waals surface area (Å²) in [7, 11) is 0. The molecule has 16 heavy (non-hydrogen) atoms. The molecule has 0 fully saturated rings. The van der Waals surface area contributed by atoms with Crippen molar-refractivity contribution in [2.45, 2.75) is 0 Å². The Hall–Kier alpha value is -3.06. The molecule has 14 heteroatoms. The lowest BCUT2D eigenvalue weighted by molar-refractivity contribution is -0.159. The number of carboxylic acid groups (broad SMARTS) is 2. The third-order valence-electron chi connectivity index (χ3n) is 0.346. The van der Waals surface area contributed by atoms with Crippen molar-refractivity contribution in [1.29, 1.82) is 0 Å². The third-order valence-corrected chi connectivity index (χ3v) is 0.346. The molecule has 0 aromatic heterocycles. The summed E-state index contributed by atoms with van der Waals surface area (Å²) >= 11 is 0. The smallest absolute Gasteiger partial charge is 0.414 e. The normalized spacial score (nSPS) is 6.25. The van der Waals surface area contributed by atoms with E-state index in [1.807, 2.05) is 21.1 Å².